The Labute approximate surface area is 93.0 Å². The van der Waals surface area contributed by atoms with E-state index >= 15 is 0 Å². The third-order valence-corrected chi connectivity index (χ3v) is 2.03. The van der Waals surface area contributed by atoms with Crippen molar-refractivity contribution in [2.75, 3.05) is 13.1 Å². The SMILES string of the molecule is CCN(CC)C(=O)N[C@@H](CC(=O)O)C(=O)O. The van der Waals surface area contributed by atoms with Gasteiger partial charge in [0.05, 0.1) is 6.42 Å². The molecular weight excluding hydrogens is 216 g/mol. The van der Waals surface area contributed by atoms with Crippen molar-refractivity contribution in [1.82, 2.24) is 10.2 Å². The van der Waals surface area contributed by atoms with Crippen LogP contribution >= 0.6 is 0 Å². The van der Waals surface area contributed by atoms with Crippen LogP contribution in [0.3, 0.4) is 0 Å². The maximum absolute atomic E-state index is 11.5. The van der Waals surface area contributed by atoms with E-state index in [0.29, 0.717) is 13.1 Å². The number of hydrogen-bond donors (Lipinski definition) is 3. The minimum Gasteiger partial charge on any atom is -0.481 e. The lowest BCUT2D eigenvalue weighted by atomic mass is 10.2. The van der Waals surface area contributed by atoms with Gasteiger partial charge in [-0.25, -0.2) is 9.59 Å². The molecule has 0 unspecified atom stereocenters. The number of amides is 2. The van der Waals surface area contributed by atoms with E-state index in [4.69, 9.17) is 10.2 Å². The largest absolute Gasteiger partial charge is 0.481 e. The second kappa shape index (κ2) is 6.65. The molecule has 0 fully saturated rings. The Morgan fingerprint density at radius 3 is 2.00 bits per heavy atom. The molecule has 0 heterocycles. The van der Waals surface area contributed by atoms with Gasteiger partial charge in [0.1, 0.15) is 6.04 Å². The minimum absolute atomic E-state index is 0.432. The minimum atomic E-state index is -1.40. The lowest BCUT2D eigenvalue weighted by molar-refractivity contribution is -0.145. The van der Waals surface area contributed by atoms with E-state index in [1.54, 1.807) is 13.8 Å². The molecule has 0 bridgehead atoms. The van der Waals surface area contributed by atoms with Crippen LogP contribution in [0, 0.1) is 0 Å². The number of carboxylic acids is 2. The Balaban J connectivity index is 4.44. The lowest BCUT2D eigenvalue weighted by Gasteiger charge is -2.21. The Kier molecular flexibility index (Phi) is 5.91. The quantitative estimate of drug-likeness (QED) is 0.596. The predicted molar refractivity (Wildman–Crippen MR) is 55.1 cm³/mol. The number of nitrogens with one attached hydrogen (secondary N) is 1. The smallest absolute Gasteiger partial charge is 0.326 e. The zero-order chi connectivity index (χ0) is 12.7. The molecule has 0 aromatic rings. The summed E-state index contributed by atoms with van der Waals surface area (Å²) in [5, 5.41) is 19.3. The van der Waals surface area contributed by atoms with Crippen LogP contribution in [0.25, 0.3) is 0 Å². The molecule has 0 rings (SSSR count). The number of carbonyl (C=O) groups excluding carboxylic acids is 1. The van der Waals surface area contributed by atoms with E-state index in [1.165, 1.54) is 4.90 Å². The molecule has 0 aromatic heterocycles. The maximum Gasteiger partial charge on any atom is 0.326 e. The van der Waals surface area contributed by atoms with Gasteiger partial charge in [-0.05, 0) is 13.8 Å². The van der Waals surface area contributed by atoms with E-state index in [-0.39, 0.29) is 0 Å². The van der Waals surface area contributed by atoms with Gasteiger partial charge in [-0.2, -0.15) is 0 Å². The number of hydrogen-bond acceptors (Lipinski definition) is 3. The molecule has 0 aliphatic rings. The maximum atomic E-state index is 11.5. The number of carbonyl (C=O) groups is 3. The molecule has 16 heavy (non-hydrogen) atoms. The summed E-state index contributed by atoms with van der Waals surface area (Å²) >= 11 is 0. The van der Waals surface area contributed by atoms with Crippen molar-refractivity contribution in [3.05, 3.63) is 0 Å². The summed E-state index contributed by atoms with van der Waals surface area (Å²) in [6, 6.07) is -1.97. The molecule has 7 heteroatoms. The topological polar surface area (TPSA) is 107 Å². The van der Waals surface area contributed by atoms with Crippen molar-refractivity contribution in [3.8, 4) is 0 Å². The van der Waals surface area contributed by atoms with Gasteiger partial charge in [-0.3, -0.25) is 4.79 Å². The number of rotatable bonds is 6. The van der Waals surface area contributed by atoms with Crippen molar-refractivity contribution in [1.29, 1.82) is 0 Å². The number of urea groups is 1. The first-order chi connectivity index (χ1) is 7.42. The Hall–Kier alpha value is -1.79. The van der Waals surface area contributed by atoms with Crippen molar-refractivity contribution in [3.63, 3.8) is 0 Å². The summed E-state index contributed by atoms with van der Waals surface area (Å²) in [5.74, 6) is -2.63. The standard InChI is InChI=1S/C9H16N2O5/c1-3-11(4-2)9(16)10-6(8(14)15)5-7(12)13/h6H,3-5H2,1-2H3,(H,10,16)(H,12,13)(H,14,15)/t6-/m0/s1. The zero-order valence-electron chi connectivity index (χ0n) is 9.27. The van der Waals surface area contributed by atoms with Crippen LogP contribution in [0.2, 0.25) is 0 Å². The highest BCUT2D eigenvalue weighted by molar-refractivity contribution is 5.86. The molecule has 0 saturated carbocycles. The van der Waals surface area contributed by atoms with E-state index in [1.807, 2.05) is 0 Å². The first kappa shape index (κ1) is 14.2. The van der Waals surface area contributed by atoms with Crippen molar-refractivity contribution < 1.29 is 24.6 Å². The van der Waals surface area contributed by atoms with Gasteiger partial charge in [0.15, 0.2) is 0 Å². The summed E-state index contributed by atoms with van der Waals surface area (Å²) in [7, 11) is 0. The average molecular weight is 232 g/mol. The van der Waals surface area contributed by atoms with E-state index in [9.17, 15) is 14.4 Å². The Morgan fingerprint density at radius 1 is 1.19 bits per heavy atom. The third-order valence-electron chi connectivity index (χ3n) is 2.03. The fourth-order valence-electron chi connectivity index (χ4n) is 1.13. The van der Waals surface area contributed by atoms with Crippen molar-refractivity contribution in [2.24, 2.45) is 0 Å². The predicted octanol–water partition coefficient (Wildman–Crippen LogP) is -0.0343. The van der Waals surface area contributed by atoms with Crippen LogP contribution in [-0.2, 0) is 9.59 Å². The molecule has 0 aliphatic carbocycles. The Bertz CT molecular complexity index is 275. The van der Waals surface area contributed by atoms with Crippen LogP contribution in [0.1, 0.15) is 20.3 Å². The van der Waals surface area contributed by atoms with Crippen LogP contribution in [0.5, 0.6) is 0 Å². The molecule has 0 spiro atoms. The van der Waals surface area contributed by atoms with Gasteiger partial charge in [0, 0.05) is 13.1 Å². The monoisotopic (exact) mass is 232 g/mol. The summed E-state index contributed by atoms with van der Waals surface area (Å²) in [4.78, 5) is 33.9. The van der Waals surface area contributed by atoms with Crippen LogP contribution in [0.4, 0.5) is 4.79 Å². The zero-order valence-corrected chi connectivity index (χ0v) is 9.27. The highest BCUT2D eigenvalue weighted by atomic mass is 16.4. The molecular formula is C9H16N2O5. The molecule has 1 atom stereocenters. The van der Waals surface area contributed by atoms with E-state index in [0.717, 1.165) is 0 Å². The second-order valence-corrected chi connectivity index (χ2v) is 3.11. The summed E-state index contributed by atoms with van der Waals surface area (Å²) in [6.45, 7) is 4.36. The highest BCUT2D eigenvalue weighted by Crippen LogP contribution is 1.96. The number of aliphatic carboxylic acids is 2. The van der Waals surface area contributed by atoms with Gasteiger partial charge < -0.3 is 20.4 Å². The van der Waals surface area contributed by atoms with Crippen LogP contribution in [-0.4, -0.2) is 52.2 Å². The molecule has 3 N–H and O–H groups in total. The van der Waals surface area contributed by atoms with Crippen LogP contribution < -0.4 is 5.32 Å². The van der Waals surface area contributed by atoms with Crippen molar-refractivity contribution >= 4 is 18.0 Å². The van der Waals surface area contributed by atoms with Gasteiger partial charge in [0.25, 0.3) is 0 Å². The Morgan fingerprint density at radius 2 is 1.69 bits per heavy atom. The average Bonchev–Trinajstić information content (AvgIpc) is 2.17. The van der Waals surface area contributed by atoms with E-state index < -0.39 is 30.4 Å². The first-order valence-corrected chi connectivity index (χ1v) is 4.92. The third kappa shape index (κ3) is 4.63. The van der Waals surface area contributed by atoms with E-state index in [2.05, 4.69) is 5.32 Å². The van der Waals surface area contributed by atoms with Gasteiger partial charge >= 0.3 is 18.0 Å². The molecule has 0 aromatic carbocycles. The fourth-order valence-corrected chi connectivity index (χ4v) is 1.13. The summed E-state index contributed by atoms with van der Waals surface area (Å²) < 4.78 is 0. The van der Waals surface area contributed by atoms with Gasteiger partial charge in [-0.15, -0.1) is 0 Å². The summed E-state index contributed by atoms with van der Waals surface area (Å²) in [6.07, 6.45) is -0.637. The molecule has 0 saturated heterocycles. The molecule has 0 aliphatic heterocycles. The number of carboxylic acid groups (broad SMARTS) is 2. The van der Waals surface area contributed by atoms with Crippen LogP contribution in [0.15, 0.2) is 0 Å². The fraction of sp³-hybridized carbons (Fsp3) is 0.667. The molecule has 0 radical (unpaired) electrons. The van der Waals surface area contributed by atoms with Gasteiger partial charge in [0.2, 0.25) is 0 Å². The summed E-state index contributed by atoms with van der Waals surface area (Å²) in [5.41, 5.74) is 0. The lowest BCUT2D eigenvalue weighted by Crippen LogP contribution is -2.48. The number of nitrogens with zero attached hydrogens (tertiary/aromatic N) is 1. The van der Waals surface area contributed by atoms with Crippen molar-refractivity contribution in [2.45, 2.75) is 26.3 Å². The molecule has 92 valence electrons. The normalized spacial score (nSPS) is 11.6. The second-order valence-electron chi connectivity index (χ2n) is 3.11. The molecule has 7 nitrogen and oxygen atoms in total. The van der Waals surface area contributed by atoms with Gasteiger partial charge in [-0.1, -0.05) is 0 Å². The molecule has 2 amide bonds. The highest BCUT2D eigenvalue weighted by Gasteiger charge is 2.24. The first-order valence-electron chi connectivity index (χ1n) is 4.92.